The van der Waals surface area contributed by atoms with Gasteiger partial charge >= 0.3 is 0 Å². The van der Waals surface area contributed by atoms with Crippen LogP contribution < -0.4 is 5.73 Å². The summed E-state index contributed by atoms with van der Waals surface area (Å²) in [5.74, 6) is 0. The van der Waals surface area contributed by atoms with Crippen molar-refractivity contribution in [1.29, 1.82) is 0 Å². The molecule has 2 aromatic rings. The fourth-order valence-electron chi connectivity index (χ4n) is 2.80. The first-order valence-corrected chi connectivity index (χ1v) is 8.00. The van der Waals surface area contributed by atoms with E-state index in [1.807, 2.05) is 17.8 Å². The first-order valence-electron chi connectivity index (χ1n) is 7.12. The summed E-state index contributed by atoms with van der Waals surface area (Å²) >= 11 is 1.94. The van der Waals surface area contributed by atoms with Crippen molar-refractivity contribution in [3.63, 3.8) is 0 Å². The van der Waals surface area contributed by atoms with Crippen LogP contribution in [0.25, 0.3) is 10.9 Å². The van der Waals surface area contributed by atoms with E-state index in [2.05, 4.69) is 24.3 Å². The van der Waals surface area contributed by atoms with E-state index in [0.717, 1.165) is 15.8 Å². The summed E-state index contributed by atoms with van der Waals surface area (Å²) in [6.07, 6.45) is 6.80. The zero-order valence-corrected chi connectivity index (χ0v) is 12.0. The number of pyridine rings is 1. The van der Waals surface area contributed by atoms with Gasteiger partial charge < -0.3 is 5.73 Å². The Bertz CT molecular complexity index is 562. The van der Waals surface area contributed by atoms with Crippen molar-refractivity contribution in [3.8, 4) is 0 Å². The lowest BCUT2D eigenvalue weighted by atomic mass is 10.0. The molecule has 3 rings (SSSR count). The number of benzene rings is 1. The number of nitrogens with two attached hydrogens (primary N) is 1. The molecule has 0 amide bonds. The molecule has 0 aliphatic heterocycles. The maximum absolute atomic E-state index is 5.88. The summed E-state index contributed by atoms with van der Waals surface area (Å²) < 4.78 is 0. The van der Waals surface area contributed by atoms with Gasteiger partial charge in [0.2, 0.25) is 0 Å². The Balaban J connectivity index is 1.90. The van der Waals surface area contributed by atoms with Crippen LogP contribution in [0, 0.1) is 0 Å². The van der Waals surface area contributed by atoms with Crippen molar-refractivity contribution in [2.24, 2.45) is 5.73 Å². The molecule has 3 heteroatoms. The molecule has 2 N–H and O–H groups in total. The van der Waals surface area contributed by atoms with Gasteiger partial charge in [-0.15, -0.1) is 11.8 Å². The van der Waals surface area contributed by atoms with Gasteiger partial charge in [-0.3, -0.25) is 0 Å². The predicted molar refractivity (Wildman–Crippen MR) is 82.4 cm³/mol. The molecular weight excluding hydrogens is 252 g/mol. The summed E-state index contributed by atoms with van der Waals surface area (Å²) in [5.41, 5.74) is 8.17. The van der Waals surface area contributed by atoms with Crippen molar-refractivity contribution in [3.05, 3.63) is 35.9 Å². The molecule has 2 nitrogen and oxygen atoms in total. The molecule has 0 saturated heterocycles. The number of hydrogen-bond acceptors (Lipinski definition) is 3. The third-order valence-electron chi connectivity index (χ3n) is 3.84. The third-order valence-corrected chi connectivity index (χ3v) is 5.09. The number of aromatic nitrogens is 1. The summed E-state index contributed by atoms with van der Waals surface area (Å²) in [4.78, 5) is 4.79. The van der Waals surface area contributed by atoms with Crippen LogP contribution in [0.5, 0.6) is 0 Å². The summed E-state index contributed by atoms with van der Waals surface area (Å²) in [5, 5.41) is 3.08. The number of thioether (sulfide) groups is 1. The van der Waals surface area contributed by atoms with Gasteiger partial charge in [-0.1, -0.05) is 37.5 Å². The maximum Gasteiger partial charge on any atom is 0.0973 e. The van der Waals surface area contributed by atoms with Gasteiger partial charge in [-0.05, 0) is 30.5 Å². The molecule has 19 heavy (non-hydrogen) atoms. The Morgan fingerprint density at radius 1 is 1.16 bits per heavy atom. The molecule has 0 unspecified atom stereocenters. The Labute approximate surface area is 118 Å². The fourth-order valence-corrected chi connectivity index (χ4v) is 4.08. The van der Waals surface area contributed by atoms with Gasteiger partial charge in [0.1, 0.15) is 0 Å². The Morgan fingerprint density at radius 3 is 2.74 bits per heavy atom. The number of rotatable bonds is 3. The van der Waals surface area contributed by atoms with Crippen LogP contribution in [0.2, 0.25) is 0 Å². The zero-order valence-electron chi connectivity index (χ0n) is 11.1. The molecule has 1 fully saturated rings. The van der Waals surface area contributed by atoms with Crippen LogP contribution in [0.1, 0.15) is 37.7 Å². The molecule has 1 aliphatic rings. The second-order valence-electron chi connectivity index (χ2n) is 5.22. The first-order chi connectivity index (χ1) is 9.36. The average molecular weight is 272 g/mol. The highest BCUT2D eigenvalue weighted by molar-refractivity contribution is 7.99. The Hall–Kier alpha value is -1.06. The molecule has 0 spiro atoms. The van der Waals surface area contributed by atoms with Gasteiger partial charge in [-0.2, -0.15) is 0 Å². The van der Waals surface area contributed by atoms with Crippen LogP contribution in [0.3, 0.4) is 0 Å². The highest BCUT2D eigenvalue weighted by Crippen LogP contribution is 2.34. The molecular formula is C16H20N2S. The lowest BCUT2D eigenvalue weighted by Crippen LogP contribution is -2.08. The highest BCUT2D eigenvalue weighted by Gasteiger charge is 2.16. The normalized spacial score (nSPS) is 16.9. The monoisotopic (exact) mass is 272 g/mol. The van der Waals surface area contributed by atoms with Gasteiger partial charge in [0.05, 0.1) is 10.5 Å². The largest absolute Gasteiger partial charge is 0.326 e. The number of hydrogen-bond donors (Lipinski definition) is 1. The molecule has 0 radical (unpaired) electrons. The molecule has 1 saturated carbocycles. The van der Waals surface area contributed by atoms with E-state index in [1.54, 1.807) is 0 Å². The van der Waals surface area contributed by atoms with Crippen molar-refractivity contribution in [2.75, 3.05) is 0 Å². The minimum absolute atomic E-state index is 0.585. The topological polar surface area (TPSA) is 38.9 Å². The SMILES string of the molecule is NCc1cc(SC2CCCCC2)nc2ccccc12. The predicted octanol–water partition coefficient (Wildman–Crippen LogP) is 4.12. The molecule has 1 heterocycles. The summed E-state index contributed by atoms with van der Waals surface area (Å²) in [7, 11) is 0. The maximum atomic E-state index is 5.88. The second kappa shape index (κ2) is 5.93. The van der Waals surface area contributed by atoms with Crippen LogP contribution >= 0.6 is 11.8 Å². The van der Waals surface area contributed by atoms with E-state index < -0.39 is 0 Å². The van der Waals surface area contributed by atoms with Crippen molar-refractivity contribution >= 4 is 22.7 Å². The lowest BCUT2D eigenvalue weighted by molar-refractivity contribution is 0.516. The standard InChI is InChI=1S/C16H20N2S/c17-11-12-10-16(19-13-6-2-1-3-7-13)18-15-9-5-4-8-14(12)15/h4-5,8-10,13H,1-3,6-7,11,17H2. The van der Waals surface area contributed by atoms with Crippen molar-refractivity contribution in [2.45, 2.75) is 48.9 Å². The third kappa shape index (κ3) is 2.93. The number of para-hydroxylation sites is 1. The molecule has 1 aliphatic carbocycles. The van der Waals surface area contributed by atoms with E-state index >= 15 is 0 Å². The van der Waals surface area contributed by atoms with E-state index in [4.69, 9.17) is 10.7 Å². The average Bonchev–Trinajstić information content (AvgIpc) is 2.47. The molecule has 1 aromatic heterocycles. The number of nitrogens with zero attached hydrogens (tertiary/aromatic N) is 1. The summed E-state index contributed by atoms with van der Waals surface area (Å²) in [6, 6.07) is 10.5. The van der Waals surface area contributed by atoms with Crippen molar-refractivity contribution < 1.29 is 0 Å². The van der Waals surface area contributed by atoms with Crippen LogP contribution in [-0.4, -0.2) is 10.2 Å². The van der Waals surface area contributed by atoms with E-state index in [0.29, 0.717) is 6.54 Å². The van der Waals surface area contributed by atoms with E-state index in [1.165, 1.54) is 43.1 Å². The minimum Gasteiger partial charge on any atom is -0.326 e. The van der Waals surface area contributed by atoms with Gasteiger partial charge in [0, 0.05) is 17.2 Å². The van der Waals surface area contributed by atoms with Gasteiger partial charge in [-0.25, -0.2) is 4.98 Å². The number of fused-ring (bicyclic) bond motifs is 1. The van der Waals surface area contributed by atoms with E-state index in [9.17, 15) is 0 Å². The minimum atomic E-state index is 0.585. The fraction of sp³-hybridized carbons (Fsp3) is 0.438. The molecule has 1 aromatic carbocycles. The van der Waals surface area contributed by atoms with Crippen molar-refractivity contribution in [1.82, 2.24) is 4.98 Å². The highest BCUT2D eigenvalue weighted by atomic mass is 32.2. The van der Waals surface area contributed by atoms with Crippen LogP contribution in [0.15, 0.2) is 35.4 Å². The van der Waals surface area contributed by atoms with Crippen LogP contribution in [0.4, 0.5) is 0 Å². The van der Waals surface area contributed by atoms with E-state index in [-0.39, 0.29) is 0 Å². The summed E-state index contributed by atoms with van der Waals surface area (Å²) in [6.45, 7) is 0.585. The smallest absolute Gasteiger partial charge is 0.0973 e. The molecule has 0 atom stereocenters. The molecule has 0 bridgehead atoms. The first kappa shape index (κ1) is 12.9. The van der Waals surface area contributed by atoms with Gasteiger partial charge in [0.25, 0.3) is 0 Å². The lowest BCUT2D eigenvalue weighted by Gasteiger charge is -2.20. The Kier molecular flexibility index (Phi) is 4.04. The van der Waals surface area contributed by atoms with Crippen LogP contribution in [-0.2, 0) is 6.54 Å². The Morgan fingerprint density at radius 2 is 1.95 bits per heavy atom. The molecule has 100 valence electrons. The quantitative estimate of drug-likeness (QED) is 0.913. The second-order valence-corrected chi connectivity index (χ2v) is 6.54. The van der Waals surface area contributed by atoms with Gasteiger partial charge in [0.15, 0.2) is 0 Å². The zero-order chi connectivity index (χ0) is 13.1.